The minimum absolute atomic E-state index is 0.0944. The molecular weight excluding hydrogens is 368 g/mol. The van der Waals surface area contributed by atoms with Gasteiger partial charge in [-0.25, -0.2) is 0 Å². The molecule has 30 heavy (non-hydrogen) atoms. The summed E-state index contributed by atoms with van der Waals surface area (Å²) < 4.78 is 0. The Morgan fingerprint density at radius 2 is 1.43 bits per heavy atom. The minimum atomic E-state index is 0.0944. The molecule has 0 unspecified atom stereocenters. The molecule has 0 atom stereocenters. The van der Waals surface area contributed by atoms with Gasteiger partial charge >= 0.3 is 0 Å². The van der Waals surface area contributed by atoms with Crippen LogP contribution in [-0.2, 0) is 12.8 Å². The molecule has 5 rings (SSSR count). The lowest BCUT2D eigenvalue weighted by Gasteiger charge is -2.30. The van der Waals surface area contributed by atoms with Crippen LogP contribution in [0.15, 0.2) is 72.6 Å². The van der Waals surface area contributed by atoms with Crippen LogP contribution in [0.25, 0.3) is 5.57 Å². The van der Waals surface area contributed by atoms with Gasteiger partial charge in [-0.1, -0.05) is 54.1 Å². The molecule has 1 saturated heterocycles. The first kappa shape index (κ1) is 18.8. The standard InChI is InChI=1S/C27H26N2O/c1-19-16-23(18-28-17-19)27(30)29-14-12-22(13-15-29)26-24-8-4-2-6-20(24)10-11-21-7-3-5-9-25(21)26/h2-9,16-18H,10-15H2,1H3. The number of carbonyl (C=O) groups is 1. The molecule has 150 valence electrons. The summed E-state index contributed by atoms with van der Waals surface area (Å²) in [6.45, 7) is 3.50. The van der Waals surface area contributed by atoms with Crippen LogP contribution in [0, 0.1) is 6.92 Å². The van der Waals surface area contributed by atoms with Crippen molar-refractivity contribution in [2.24, 2.45) is 0 Å². The normalized spacial score (nSPS) is 16.0. The van der Waals surface area contributed by atoms with E-state index in [1.165, 1.54) is 33.4 Å². The second-order valence-corrected chi connectivity index (χ2v) is 8.34. The van der Waals surface area contributed by atoms with Crippen LogP contribution >= 0.6 is 0 Å². The van der Waals surface area contributed by atoms with Gasteiger partial charge in [0.15, 0.2) is 0 Å². The van der Waals surface area contributed by atoms with E-state index in [1.807, 2.05) is 17.9 Å². The molecule has 0 bridgehead atoms. The Balaban J connectivity index is 1.49. The fraction of sp³-hybridized carbons (Fsp3) is 0.259. The minimum Gasteiger partial charge on any atom is -0.338 e. The number of rotatable bonds is 1. The SMILES string of the molecule is Cc1cncc(C(=O)N2CCC(=C3c4ccccc4CCc4ccccc43)CC2)c1. The monoisotopic (exact) mass is 394 g/mol. The molecule has 1 aliphatic heterocycles. The number of carbonyl (C=O) groups excluding carboxylic acids is 1. The zero-order valence-corrected chi connectivity index (χ0v) is 17.4. The highest BCUT2D eigenvalue weighted by molar-refractivity contribution is 5.94. The van der Waals surface area contributed by atoms with E-state index in [0.717, 1.165) is 44.3 Å². The first-order valence-corrected chi connectivity index (χ1v) is 10.8. The second kappa shape index (κ2) is 7.91. The number of pyridine rings is 1. The van der Waals surface area contributed by atoms with Gasteiger partial charge in [0.2, 0.25) is 0 Å². The van der Waals surface area contributed by atoms with E-state index in [-0.39, 0.29) is 5.91 Å². The van der Waals surface area contributed by atoms with Crippen LogP contribution < -0.4 is 0 Å². The molecule has 0 saturated carbocycles. The lowest BCUT2D eigenvalue weighted by atomic mass is 9.86. The Hall–Kier alpha value is -3.20. The summed E-state index contributed by atoms with van der Waals surface area (Å²) >= 11 is 0. The number of nitrogens with zero attached hydrogens (tertiary/aromatic N) is 2. The Kier molecular flexibility index (Phi) is 4.96. The van der Waals surface area contributed by atoms with Crippen LogP contribution in [0.2, 0.25) is 0 Å². The molecule has 2 aliphatic rings. The van der Waals surface area contributed by atoms with Crippen molar-refractivity contribution in [3.63, 3.8) is 0 Å². The molecule has 1 aliphatic carbocycles. The highest BCUT2D eigenvalue weighted by Gasteiger charge is 2.26. The number of hydrogen-bond donors (Lipinski definition) is 0. The maximum absolute atomic E-state index is 13.0. The van der Waals surface area contributed by atoms with Crippen molar-refractivity contribution >= 4 is 11.5 Å². The second-order valence-electron chi connectivity index (χ2n) is 8.34. The highest BCUT2D eigenvalue weighted by Crippen LogP contribution is 2.38. The van der Waals surface area contributed by atoms with Crippen molar-refractivity contribution in [2.45, 2.75) is 32.6 Å². The third kappa shape index (κ3) is 3.45. The van der Waals surface area contributed by atoms with Gasteiger partial charge in [0.1, 0.15) is 0 Å². The number of likely N-dealkylation sites (tertiary alicyclic amines) is 1. The van der Waals surface area contributed by atoms with E-state index in [4.69, 9.17) is 0 Å². The Morgan fingerprint density at radius 3 is 2.03 bits per heavy atom. The number of amides is 1. The topological polar surface area (TPSA) is 33.2 Å². The van der Waals surface area contributed by atoms with E-state index in [0.29, 0.717) is 5.56 Å². The van der Waals surface area contributed by atoms with E-state index >= 15 is 0 Å². The van der Waals surface area contributed by atoms with Gasteiger partial charge in [-0.15, -0.1) is 0 Å². The number of piperidine rings is 1. The van der Waals surface area contributed by atoms with Crippen LogP contribution in [0.4, 0.5) is 0 Å². The summed E-state index contributed by atoms with van der Waals surface area (Å²) in [4.78, 5) is 19.1. The number of aromatic nitrogens is 1. The van der Waals surface area contributed by atoms with Gasteiger partial charge in [-0.2, -0.15) is 0 Å². The Morgan fingerprint density at radius 1 is 0.833 bits per heavy atom. The maximum Gasteiger partial charge on any atom is 0.255 e. The molecule has 3 aromatic rings. The molecule has 1 amide bonds. The molecule has 2 aromatic carbocycles. The summed E-state index contributed by atoms with van der Waals surface area (Å²) in [5.41, 5.74) is 10.2. The van der Waals surface area contributed by atoms with Crippen molar-refractivity contribution in [1.82, 2.24) is 9.88 Å². The largest absolute Gasteiger partial charge is 0.338 e. The van der Waals surface area contributed by atoms with Gasteiger partial charge in [0.25, 0.3) is 5.91 Å². The summed E-state index contributed by atoms with van der Waals surface area (Å²) in [6.07, 6.45) is 7.47. The predicted molar refractivity (Wildman–Crippen MR) is 120 cm³/mol. The number of benzene rings is 2. The third-order valence-electron chi connectivity index (χ3n) is 6.37. The summed E-state index contributed by atoms with van der Waals surface area (Å²) in [5, 5.41) is 0. The van der Waals surface area contributed by atoms with Crippen molar-refractivity contribution in [3.8, 4) is 0 Å². The van der Waals surface area contributed by atoms with Crippen LogP contribution in [0.5, 0.6) is 0 Å². The van der Waals surface area contributed by atoms with E-state index in [9.17, 15) is 4.79 Å². The number of fused-ring (bicyclic) bond motifs is 2. The highest BCUT2D eigenvalue weighted by atomic mass is 16.2. The van der Waals surface area contributed by atoms with Crippen LogP contribution in [0.1, 0.15) is 51.0 Å². The molecule has 1 aromatic heterocycles. The number of hydrogen-bond acceptors (Lipinski definition) is 2. The van der Waals surface area contributed by atoms with Crippen molar-refractivity contribution in [3.05, 3.63) is 106 Å². The van der Waals surface area contributed by atoms with Gasteiger partial charge < -0.3 is 4.90 Å². The first-order valence-electron chi connectivity index (χ1n) is 10.8. The average molecular weight is 395 g/mol. The molecule has 3 heteroatoms. The third-order valence-corrected chi connectivity index (χ3v) is 6.37. The summed E-state index contributed by atoms with van der Waals surface area (Å²) in [5.74, 6) is 0.0944. The zero-order chi connectivity index (χ0) is 20.5. The van der Waals surface area contributed by atoms with E-state index in [1.54, 1.807) is 12.4 Å². The van der Waals surface area contributed by atoms with Crippen molar-refractivity contribution in [1.29, 1.82) is 0 Å². The molecular formula is C27H26N2O. The Labute approximate surface area is 178 Å². The van der Waals surface area contributed by atoms with Crippen molar-refractivity contribution in [2.75, 3.05) is 13.1 Å². The molecule has 2 heterocycles. The zero-order valence-electron chi connectivity index (χ0n) is 17.4. The van der Waals surface area contributed by atoms with Crippen LogP contribution in [-0.4, -0.2) is 28.9 Å². The average Bonchev–Trinajstić information content (AvgIpc) is 2.96. The van der Waals surface area contributed by atoms with Gasteiger partial charge in [-0.05, 0) is 72.1 Å². The molecule has 3 nitrogen and oxygen atoms in total. The lowest BCUT2D eigenvalue weighted by molar-refractivity contribution is 0.0743. The molecule has 1 fully saturated rings. The predicted octanol–water partition coefficient (Wildman–Crippen LogP) is 5.23. The molecule has 0 radical (unpaired) electrons. The molecule has 0 spiro atoms. The number of aryl methyl sites for hydroxylation is 3. The lowest BCUT2D eigenvalue weighted by Crippen LogP contribution is -2.36. The maximum atomic E-state index is 13.0. The fourth-order valence-electron chi connectivity index (χ4n) is 4.84. The summed E-state index contributed by atoms with van der Waals surface area (Å²) in [6, 6.07) is 19.6. The van der Waals surface area contributed by atoms with Crippen molar-refractivity contribution < 1.29 is 4.79 Å². The smallest absolute Gasteiger partial charge is 0.255 e. The van der Waals surface area contributed by atoms with Gasteiger partial charge in [0, 0.05) is 25.5 Å². The van der Waals surface area contributed by atoms with E-state index in [2.05, 4.69) is 53.5 Å². The summed E-state index contributed by atoms with van der Waals surface area (Å²) in [7, 11) is 0. The molecule has 0 N–H and O–H groups in total. The van der Waals surface area contributed by atoms with E-state index < -0.39 is 0 Å². The Bertz CT molecular complexity index is 1090. The van der Waals surface area contributed by atoms with Gasteiger partial charge in [0.05, 0.1) is 5.56 Å². The fourth-order valence-corrected chi connectivity index (χ4v) is 4.84. The van der Waals surface area contributed by atoms with Crippen LogP contribution in [0.3, 0.4) is 0 Å². The quantitative estimate of drug-likeness (QED) is 0.566. The van der Waals surface area contributed by atoms with Gasteiger partial charge in [-0.3, -0.25) is 9.78 Å². The first-order chi connectivity index (χ1) is 14.7.